The van der Waals surface area contributed by atoms with Crippen molar-refractivity contribution < 1.29 is 9.90 Å². The summed E-state index contributed by atoms with van der Waals surface area (Å²) in [4.78, 5) is 15.5. The number of para-hydroxylation sites is 1. The Morgan fingerprint density at radius 2 is 2.14 bits per heavy atom. The van der Waals surface area contributed by atoms with Gasteiger partial charge in [-0.2, -0.15) is 0 Å². The molecular weight excluding hydrogens is 284 g/mol. The van der Waals surface area contributed by atoms with Gasteiger partial charge in [0.15, 0.2) is 5.16 Å². The first-order valence-corrected chi connectivity index (χ1v) is 8.26. The minimum Gasteiger partial charge on any atom is -0.481 e. The number of aliphatic carboxylic acids is 1. The van der Waals surface area contributed by atoms with Crippen molar-refractivity contribution in [1.82, 2.24) is 9.55 Å². The standard InChI is InChI=1S/C16H22N2O2S/c1-5-13(10(2)3)18-15-11(4)7-6-8-12(15)17-16(18)21-9-14(19)20/h6-8,10,13H,5,9H2,1-4H3,(H,19,20). The second kappa shape index (κ2) is 6.52. The highest BCUT2D eigenvalue weighted by molar-refractivity contribution is 7.99. The van der Waals surface area contributed by atoms with E-state index in [9.17, 15) is 4.79 Å². The quantitative estimate of drug-likeness (QED) is 0.815. The predicted octanol–water partition coefficient (Wildman–Crippen LogP) is 4.13. The molecule has 1 aromatic carbocycles. The van der Waals surface area contributed by atoms with E-state index in [-0.39, 0.29) is 5.75 Å². The Hall–Kier alpha value is -1.49. The first kappa shape index (κ1) is 15.9. The van der Waals surface area contributed by atoms with Crippen LogP contribution >= 0.6 is 11.8 Å². The van der Waals surface area contributed by atoms with Crippen LogP contribution in [0.3, 0.4) is 0 Å². The van der Waals surface area contributed by atoms with E-state index in [1.54, 1.807) is 0 Å². The molecule has 21 heavy (non-hydrogen) atoms. The smallest absolute Gasteiger partial charge is 0.313 e. The number of hydrogen-bond acceptors (Lipinski definition) is 3. The average Bonchev–Trinajstić information content (AvgIpc) is 2.77. The Morgan fingerprint density at radius 1 is 1.43 bits per heavy atom. The lowest BCUT2D eigenvalue weighted by Crippen LogP contribution is -2.16. The van der Waals surface area contributed by atoms with Crippen LogP contribution in [0.4, 0.5) is 0 Å². The summed E-state index contributed by atoms with van der Waals surface area (Å²) in [5, 5.41) is 9.75. The second-order valence-electron chi connectivity index (χ2n) is 5.61. The van der Waals surface area contributed by atoms with Gasteiger partial charge in [-0.15, -0.1) is 0 Å². The van der Waals surface area contributed by atoms with Crippen LogP contribution < -0.4 is 0 Å². The molecule has 0 fully saturated rings. The summed E-state index contributed by atoms with van der Waals surface area (Å²) in [5.74, 6) is -0.305. The van der Waals surface area contributed by atoms with Crippen molar-refractivity contribution in [2.24, 2.45) is 5.92 Å². The fourth-order valence-corrected chi connectivity index (χ4v) is 3.57. The van der Waals surface area contributed by atoms with E-state index >= 15 is 0 Å². The Balaban J connectivity index is 2.60. The lowest BCUT2D eigenvalue weighted by molar-refractivity contribution is -0.133. The molecule has 1 aromatic heterocycles. The molecule has 0 saturated heterocycles. The van der Waals surface area contributed by atoms with Gasteiger partial charge in [0.05, 0.1) is 16.8 Å². The molecule has 0 aliphatic carbocycles. The summed E-state index contributed by atoms with van der Waals surface area (Å²) in [7, 11) is 0. The molecule has 5 heteroatoms. The summed E-state index contributed by atoms with van der Waals surface area (Å²) in [6.45, 7) is 8.65. The van der Waals surface area contributed by atoms with Crippen LogP contribution in [-0.4, -0.2) is 26.4 Å². The Labute approximate surface area is 129 Å². The van der Waals surface area contributed by atoms with Crippen LogP contribution in [0, 0.1) is 12.8 Å². The molecule has 2 aromatic rings. The lowest BCUT2D eigenvalue weighted by atomic mass is 10.0. The summed E-state index contributed by atoms with van der Waals surface area (Å²) in [5.41, 5.74) is 3.26. The summed E-state index contributed by atoms with van der Waals surface area (Å²) < 4.78 is 2.24. The largest absolute Gasteiger partial charge is 0.481 e. The number of hydrogen-bond donors (Lipinski definition) is 1. The average molecular weight is 306 g/mol. The molecule has 4 nitrogen and oxygen atoms in total. The van der Waals surface area contributed by atoms with Gasteiger partial charge in [0.2, 0.25) is 0 Å². The molecule has 0 saturated carbocycles. The van der Waals surface area contributed by atoms with Crippen molar-refractivity contribution in [3.63, 3.8) is 0 Å². The third-order valence-corrected chi connectivity index (χ3v) is 4.66. The highest BCUT2D eigenvalue weighted by atomic mass is 32.2. The minimum absolute atomic E-state index is 0.0386. The molecule has 1 unspecified atom stereocenters. The Bertz CT molecular complexity index is 649. The number of aryl methyl sites for hydroxylation is 1. The first-order chi connectivity index (χ1) is 9.95. The maximum absolute atomic E-state index is 10.9. The fourth-order valence-electron chi connectivity index (χ4n) is 2.79. The number of fused-ring (bicyclic) bond motifs is 1. The van der Waals surface area contributed by atoms with Gasteiger partial charge in [0.1, 0.15) is 0 Å². The van der Waals surface area contributed by atoms with E-state index in [1.807, 2.05) is 12.1 Å². The van der Waals surface area contributed by atoms with E-state index in [4.69, 9.17) is 5.11 Å². The van der Waals surface area contributed by atoms with E-state index < -0.39 is 5.97 Å². The summed E-state index contributed by atoms with van der Waals surface area (Å²) in [6.07, 6.45) is 0.998. The van der Waals surface area contributed by atoms with Gasteiger partial charge in [0.25, 0.3) is 0 Å². The second-order valence-corrected chi connectivity index (χ2v) is 6.55. The molecule has 1 heterocycles. The normalized spacial score (nSPS) is 13.0. The maximum Gasteiger partial charge on any atom is 0.313 e. The van der Waals surface area contributed by atoms with Crippen molar-refractivity contribution in [1.29, 1.82) is 0 Å². The van der Waals surface area contributed by atoms with Crippen molar-refractivity contribution in [3.8, 4) is 0 Å². The van der Waals surface area contributed by atoms with Gasteiger partial charge in [-0.05, 0) is 30.9 Å². The Morgan fingerprint density at radius 3 is 2.71 bits per heavy atom. The van der Waals surface area contributed by atoms with Crippen LogP contribution in [0.1, 0.15) is 38.8 Å². The number of benzene rings is 1. The van der Waals surface area contributed by atoms with Crippen LogP contribution in [-0.2, 0) is 4.79 Å². The van der Waals surface area contributed by atoms with Gasteiger partial charge < -0.3 is 9.67 Å². The first-order valence-electron chi connectivity index (χ1n) is 7.27. The number of thioether (sulfide) groups is 1. The molecule has 0 radical (unpaired) electrons. The molecule has 114 valence electrons. The zero-order valence-corrected chi connectivity index (χ0v) is 13.8. The van der Waals surface area contributed by atoms with Crippen molar-refractivity contribution in [2.45, 2.75) is 45.3 Å². The number of carbonyl (C=O) groups is 1. The number of rotatable bonds is 6. The van der Waals surface area contributed by atoms with Crippen molar-refractivity contribution in [2.75, 3.05) is 5.75 Å². The monoisotopic (exact) mass is 306 g/mol. The molecule has 1 N–H and O–H groups in total. The minimum atomic E-state index is -0.812. The van der Waals surface area contributed by atoms with Crippen LogP contribution in [0.15, 0.2) is 23.4 Å². The Kier molecular flexibility index (Phi) is 4.93. The zero-order valence-electron chi connectivity index (χ0n) is 13.0. The molecule has 0 amide bonds. The number of carboxylic acid groups (broad SMARTS) is 1. The van der Waals surface area contributed by atoms with E-state index in [0.717, 1.165) is 22.6 Å². The molecular formula is C16H22N2O2S. The van der Waals surface area contributed by atoms with Crippen molar-refractivity contribution in [3.05, 3.63) is 23.8 Å². The number of nitrogens with zero attached hydrogens (tertiary/aromatic N) is 2. The van der Waals surface area contributed by atoms with E-state index in [0.29, 0.717) is 12.0 Å². The van der Waals surface area contributed by atoms with Crippen LogP contribution in [0.2, 0.25) is 0 Å². The summed E-state index contributed by atoms with van der Waals surface area (Å²) >= 11 is 1.30. The molecule has 0 spiro atoms. The van der Waals surface area contributed by atoms with Gasteiger partial charge >= 0.3 is 5.97 Å². The van der Waals surface area contributed by atoms with Crippen molar-refractivity contribution >= 4 is 28.8 Å². The zero-order chi connectivity index (χ0) is 15.6. The highest BCUT2D eigenvalue weighted by Gasteiger charge is 2.22. The number of aromatic nitrogens is 2. The third-order valence-electron chi connectivity index (χ3n) is 3.72. The van der Waals surface area contributed by atoms with Gasteiger partial charge in [0, 0.05) is 6.04 Å². The van der Waals surface area contributed by atoms with Gasteiger partial charge in [-0.1, -0.05) is 44.7 Å². The molecule has 2 rings (SSSR count). The fraction of sp³-hybridized carbons (Fsp3) is 0.500. The van der Waals surface area contributed by atoms with E-state index in [1.165, 1.54) is 17.3 Å². The topological polar surface area (TPSA) is 55.1 Å². The maximum atomic E-state index is 10.9. The molecule has 1 atom stereocenters. The molecule has 0 aliphatic heterocycles. The van der Waals surface area contributed by atoms with Crippen LogP contribution in [0.5, 0.6) is 0 Å². The number of imidazole rings is 1. The summed E-state index contributed by atoms with van der Waals surface area (Å²) in [6, 6.07) is 6.40. The van der Waals surface area contributed by atoms with E-state index in [2.05, 4.69) is 43.3 Å². The van der Waals surface area contributed by atoms with Crippen LogP contribution in [0.25, 0.3) is 11.0 Å². The number of carboxylic acids is 1. The SMILES string of the molecule is CCC(C(C)C)n1c(SCC(=O)O)nc2cccc(C)c21. The predicted molar refractivity (Wildman–Crippen MR) is 87.0 cm³/mol. The molecule has 0 aliphatic rings. The van der Waals surface area contributed by atoms with Gasteiger partial charge in [-0.3, -0.25) is 4.79 Å². The van der Waals surface area contributed by atoms with Gasteiger partial charge in [-0.25, -0.2) is 4.98 Å². The lowest BCUT2D eigenvalue weighted by Gasteiger charge is -2.24. The molecule has 0 bridgehead atoms. The highest BCUT2D eigenvalue weighted by Crippen LogP contribution is 2.34. The third kappa shape index (κ3) is 3.23.